The van der Waals surface area contributed by atoms with E-state index in [9.17, 15) is 26.8 Å². The topological polar surface area (TPSA) is 107 Å². The second kappa shape index (κ2) is 7.12. The minimum Gasteiger partial charge on any atom is -0.460 e. The maximum atomic E-state index is 13.5. The van der Waals surface area contributed by atoms with Crippen molar-refractivity contribution in [2.24, 2.45) is 23.2 Å². The van der Waals surface area contributed by atoms with Crippen LogP contribution in [0.1, 0.15) is 44.9 Å². The Morgan fingerprint density at radius 2 is 1.80 bits per heavy atom. The van der Waals surface area contributed by atoms with Gasteiger partial charge in [-0.3, -0.25) is 9.35 Å². The number of esters is 2. The van der Waals surface area contributed by atoms with E-state index in [1.165, 1.54) is 0 Å². The van der Waals surface area contributed by atoms with Crippen LogP contribution < -0.4 is 0 Å². The van der Waals surface area contributed by atoms with Gasteiger partial charge in [-0.15, -0.1) is 0 Å². The molecule has 3 unspecified atom stereocenters. The van der Waals surface area contributed by atoms with Crippen LogP contribution in [0.15, 0.2) is 24.3 Å². The van der Waals surface area contributed by atoms with Crippen LogP contribution >= 0.6 is 0 Å². The molecule has 10 heteroatoms. The van der Waals surface area contributed by atoms with E-state index in [-0.39, 0.29) is 23.7 Å². The molecule has 3 atom stereocenters. The fourth-order valence-corrected chi connectivity index (χ4v) is 6.38. The van der Waals surface area contributed by atoms with E-state index in [1.807, 2.05) is 12.2 Å². The smallest absolute Gasteiger partial charge is 0.460 e. The van der Waals surface area contributed by atoms with Gasteiger partial charge in [0.15, 0.2) is 0 Å². The lowest BCUT2D eigenvalue weighted by molar-refractivity contribution is -0.214. The predicted octanol–water partition coefficient (Wildman–Crippen LogP) is 3.02. The lowest BCUT2D eigenvalue weighted by Gasteiger charge is -2.61. The van der Waals surface area contributed by atoms with Gasteiger partial charge in [0.2, 0.25) is 0 Å². The SMILES string of the molecule is O=C(OC12CC3CC(CC(COC(=O)C(F)(F)S(=O)(=O)O)(C3)C1)C2)C1C=CC=CC1. The maximum absolute atomic E-state index is 13.5. The summed E-state index contributed by atoms with van der Waals surface area (Å²) in [5.41, 5.74) is -1.36. The molecule has 166 valence electrons. The van der Waals surface area contributed by atoms with E-state index in [2.05, 4.69) is 0 Å². The number of allylic oxidation sites excluding steroid dienone is 3. The number of hydrogen-bond donors (Lipinski definition) is 1. The second-order valence-electron chi connectivity index (χ2n) is 9.29. The number of rotatable bonds is 6. The molecule has 5 aliphatic rings. The summed E-state index contributed by atoms with van der Waals surface area (Å²) in [5.74, 6) is -2.51. The van der Waals surface area contributed by atoms with Crippen molar-refractivity contribution in [1.82, 2.24) is 0 Å². The fourth-order valence-electron chi connectivity index (χ4n) is 6.11. The average Bonchev–Trinajstić information content (AvgIpc) is 2.64. The normalized spacial score (nSPS) is 37.2. The van der Waals surface area contributed by atoms with Crippen LogP contribution in [-0.4, -0.2) is 42.4 Å². The Balaban J connectivity index is 1.47. The summed E-state index contributed by atoms with van der Waals surface area (Å²) in [5, 5.41) is -5.01. The van der Waals surface area contributed by atoms with Crippen molar-refractivity contribution in [3.63, 3.8) is 0 Å². The van der Waals surface area contributed by atoms with E-state index in [4.69, 9.17) is 14.0 Å². The van der Waals surface area contributed by atoms with Crippen molar-refractivity contribution >= 4 is 22.1 Å². The van der Waals surface area contributed by atoms with Gasteiger partial charge in [-0.25, -0.2) is 4.79 Å². The van der Waals surface area contributed by atoms with Gasteiger partial charge in [0.1, 0.15) is 5.60 Å². The fraction of sp³-hybridized carbons (Fsp3) is 0.700. The van der Waals surface area contributed by atoms with Crippen LogP contribution in [0.5, 0.6) is 0 Å². The number of carbonyl (C=O) groups excluding carboxylic acids is 2. The molecule has 0 aromatic carbocycles. The first-order valence-electron chi connectivity index (χ1n) is 10.0. The molecule has 4 saturated carbocycles. The highest BCUT2D eigenvalue weighted by Crippen LogP contribution is 2.63. The van der Waals surface area contributed by atoms with Crippen molar-refractivity contribution in [3.8, 4) is 0 Å². The van der Waals surface area contributed by atoms with Crippen molar-refractivity contribution in [3.05, 3.63) is 24.3 Å². The van der Waals surface area contributed by atoms with E-state index >= 15 is 0 Å². The van der Waals surface area contributed by atoms with Crippen molar-refractivity contribution in [2.75, 3.05) is 6.61 Å². The standard InChI is InChI=1S/C20H24F2O7S/c21-20(22,30(25,26)27)17(24)28-12-18-7-13-6-14(8-18)10-19(9-13,11-18)29-16(23)15-4-2-1-3-5-15/h1-4,13-15H,5-12H2,(H,25,26,27). The number of alkyl halides is 2. The highest BCUT2D eigenvalue weighted by Gasteiger charge is 2.61. The zero-order valence-corrected chi connectivity index (χ0v) is 17.1. The number of carbonyl (C=O) groups is 2. The quantitative estimate of drug-likeness (QED) is 0.494. The average molecular weight is 446 g/mol. The molecule has 30 heavy (non-hydrogen) atoms. The molecular formula is C20H24F2O7S. The third-order valence-electron chi connectivity index (χ3n) is 6.80. The summed E-state index contributed by atoms with van der Waals surface area (Å²) in [6.45, 7) is -0.394. The third kappa shape index (κ3) is 3.79. The van der Waals surface area contributed by atoms with E-state index in [0.29, 0.717) is 38.5 Å². The van der Waals surface area contributed by atoms with Crippen molar-refractivity contribution < 1.29 is 40.8 Å². The summed E-state index contributed by atoms with van der Waals surface area (Å²) in [7, 11) is -5.91. The van der Waals surface area contributed by atoms with Gasteiger partial charge in [-0.1, -0.05) is 24.3 Å². The zero-order valence-electron chi connectivity index (χ0n) is 16.3. The van der Waals surface area contributed by atoms with Crippen LogP contribution in [0.3, 0.4) is 0 Å². The highest BCUT2D eigenvalue weighted by molar-refractivity contribution is 7.87. The monoisotopic (exact) mass is 446 g/mol. The van der Waals surface area contributed by atoms with Gasteiger partial charge in [0.25, 0.3) is 0 Å². The summed E-state index contributed by atoms with van der Waals surface area (Å²) in [4.78, 5) is 24.4. The first kappa shape index (κ1) is 21.4. The Kier molecular flexibility index (Phi) is 5.08. The van der Waals surface area contributed by atoms with Gasteiger partial charge in [-0.2, -0.15) is 17.2 Å². The lowest BCUT2D eigenvalue weighted by Crippen LogP contribution is -2.59. The van der Waals surface area contributed by atoms with Gasteiger partial charge < -0.3 is 9.47 Å². The molecule has 4 fully saturated rings. The number of hydrogen-bond acceptors (Lipinski definition) is 6. The van der Waals surface area contributed by atoms with Crippen LogP contribution in [0.4, 0.5) is 8.78 Å². The van der Waals surface area contributed by atoms with Crippen molar-refractivity contribution in [1.29, 1.82) is 0 Å². The minimum absolute atomic E-state index is 0.224. The minimum atomic E-state index is -5.91. The molecule has 5 aliphatic carbocycles. The predicted molar refractivity (Wildman–Crippen MR) is 99.8 cm³/mol. The summed E-state index contributed by atoms with van der Waals surface area (Å²) in [6.07, 6.45) is 11.9. The molecule has 0 aromatic heterocycles. The molecular weight excluding hydrogens is 422 g/mol. The summed E-state index contributed by atoms with van der Waals surface area (Å²) in [6, 6.07) is 0. The Morgan fingerprint density at radius 1 is 1.13 bits per heavy atom. The van der Waals surface area contributed by atoms with Crippen LogP contribution in [0.2, 0.25) is 0 Å². The molecule has 0 radical (unpaired) electrons. The van der Waals surface area contributed by atoms with Gasteiger partial charge in [0.05, 0.1) is 12.5 Å². The Labute approximate surface area is 173 Å². The van der Waals surface area contributed by atoms with Crippen LogP contribution in [-0.2, 0) is 29.2 Å². The first-order valence-corrected chi connectivity index (χ1v) is 11.5. The largest absolute Gasteiger partial charge is 0.465 e. The third-order valence-corrected chi connectivity index (χ3v) is 7.61. The zero-order chi connectivity index (χ0) is 21.8. The number of halogens is 2. The molecule has 0 aliphatic heterocycles. The molecule has 0 amide bonds. The molecule has 1 N–H and O–H groups in total. The summed E-state index contributed by atoms with van der Waals surface area (Å²) < 4.78 is 67.9. The Hall–Kier alpha value is -1.81. The Bertz CT molecular complexity index is 894. The van der Waals surface area contributed by atoms with E-state index in [1.54, 1.807) is 12.2 Å². The molecule has 7 nitrogen and oxygen atoms in total. The van der Waals surface area contributed by atoms with E-state index in [0.717, 1.165) is 6.42 Å². The maximum Gasteiger partial charge on any atom is 0.465 e. The van der Waals surface area contributed by atoms with Gasteiger partial charge in [0, 0.05) is 5.41 Å². The molecule has 0 saturated heterocycles. The number of ether oxygens (including phenoxy) is 2. The molecule has 0 heterocycles. The molecule has 0 aromatic rings. The van der Waals surface area contributed by atoms with E-state index < -0.39 is 39.0 Å². The molecule has 5 rings (SSSR count). The molecule has 4 bridgehead atoms. The van der Waals surface area contributed by atoms with Crippen LogP contribution in [0, 0.1) is 23.2 Å². The lowest BCUT2D eigenvalue weighted by atomic mass is 9.48. The van der Waals surface area contributed by atoms with Gasteiger partial charge >= 0.3 is 27.3 Å². The highest BCUT2D eigenvalue weighted by atomic mass is 32.2. The van der Waals surface area contributed by atoms with Gasteiger partial charge in [-0.05, 0) is 56.8 Å². The van der Waals surface area contributed by atoms with Crippen molar-refractivity contribution in [2.45, 2.75) is 55.8 Å². The Morgan fingerprint density at radius 3 is 2.37 bits per heavy atom. The van der Waals surface area contributed by atoms with Crippen LogP contribution in [0.25, 0.3) is 0 Å². The molecule has 0 spiro atoms. The summed E-state index contributed by atoms with van der Waals surface area (Å²) >= 11 is 0. The first-order chi connectivity index (χ1) is 13.9. The second-order valence-corrected chi connectivity index (χ2v) is 10.8.